The fraction of sp³-hybridized carbons (Fsp3) is 0.417. The molecule has 0 amide bonds. The molecule has 0 atom stereocenters. The molecule has 16 heavy (non-hydrogen) atoms. The van der Waals surface area contributed by atoms with Crippen LogP contribution in [0.3, 0.4) is 0 Å². The van der Waals surface area contributed by atoms with Crippen molar-refractivity contribution in [3.05, 3.63) is 17.7 Å². The summed E-state index contributed by atoms with van der Waals surface area (Å²) >= 11 is 1.60. The highest BCUT2D eigenvalue weighted by molar-refractivity contribution is 7.98. The summed E-state index contributed by atoms with van der Waals surface area (Å²) in [7, 11) is 3.20. The lowest BCUT2D eigenvalue weighted by atomic mass is 10.1. The van der Waals surface area contributed by atoms with Crippen LogP contribution in [0.1, 0.15) is 12.5 Å². The summed E-state index contributed by atoms with van der Waals surface area (Å²) in [6.45, 7) is 1.58. The van der Waals surface area contributed by atoms with Gasteiger partial charge in [0, 0.05) is 11.3 Å². The number of Topliss-reactive ketones (excluding diaryl/α,β-unsaturated/α-hetero) is 1. The van der Waals surface area contributed by atoms with Crippen LogP contribution in [0.15, 0.2) is 17.0 Å². The van der Waals surface area contributed by atoms with E-state index < -0.39 is 0 Å². The van der Waals surface area contributed by atoms with E-state index >= 15 is 0 Å². The van der Waals surface area contributed by atoms with Gasteiger partial charge in [-0.3, -0.25) is 4.79 Å². The Balaban J connectivity index is 3.20. The standard InChI is InChI=1S/C12H16O3S/c1-8(13)5-9-6-10(14-2)11(15-3)7-12(9)16-4/h6-7H,5H2,1-4H3. The number of hydrogen-bond donors (Lipinski definition) is 0. The predicted octanol–water partition coefficient (Wildman–Crippen LogP) is 2.56. The van der Waals surface area contributed by atoms with E-state index in [1.54, 1.807) is 32.9 Å². The first-order valence-electron chi connectivity index (χ1n) is 4.90. The van der Waals surface area contributed by atoms with E-state index in [1.165, 1.54) is 0 Å². The van der Waals surface area contributed by atoms with E-state index in [0.29, 0.717) is 17.9 Å². The van der Waals surface area contributed by atoms with E-state index in [9.17, 15) is 4.79 Å². The minimum absolute atomic E-state index is 0.141. The Morgan fingerprint density at radius 3 is 2.25 bits per heavy atom. The molecule has 1 rings (SSSR count). The summed E-state index contributed by atoms with van der Waals surface area (Å²) in [5, 5.41) is 0. The van der Waals surface area contributed by atoms with Gasteiger partial charge >= 0.3 is 0 Å². The van der Waals surface area contributed by atoms with Gasteiger partial charge in [0.15, 0.2) is 11.5 Å². The van der Waals surface area contributed by atoms with Crippen molar-refractivity contribution in [1.29, 1.82) is 0 Å². The summed E-state index contributed by atoms with van der Waals surface area (Å²) in [6.07, 6.45) is 2.40. The summed E-state index contributed by atoms with van der Waals surface area (Å²) in [4.78, 5) is 12.2. The maximum Gasteiger partial charge on any atom is 0.161 e. The molecule has 0 N–H and O–H groups in total. The summed E-state index contributed by atoms with van der Waals surface area (Å²) < 4.78 is 10.4. The Bertz CT molecular complexity index is 388. The molecule has 0 aliphatic carbocycles. The maximum atomic E-state index is 11.2. The summed E-state index contributed by atoms with van der Waals surface area (Å²) in [5.41, 5.74) is 0.984. The van der Waals surface area contributed by atoms with Crippen LogP contribution < -0.4 is 9.47 Å². The highest BCUT2D eigenvalue weighted by Gasteiger charge is 2.11. The quantitative estimate of drug-likeness (QED) is 0.741. The van der Waals surface area contributed by atoms with Gasteiger partial charge in [0.05, 0.1) is 14.2 Å². The highest BCUT2D eigenvalue weighted by atomic mass is 32.2. The first-order chi connectivity index (χ1) is 7.62. The molecule has 3 nitrogen and oxygen atoms in total. The van der Waals surface area contributed by atoms with Gasteiger partial charge < -0.3 is 9.47 Å². The Labute approximate surface area is 100 Å². The fourth-order valence-corrected chi connectivity index (χ4v) is 2.12. The third kappa shape index (κ3) is 2.92. The minimum atomic E-state index is 0.141. The molecule has 1 aromatic rings. The molecule has 1 aromatic carbocycles. The molecule has 0 aromatic heterocycles. The van der Waals surface area contributed by atoms with E-state index in [2.05, 4.69) is 0 Å². The van der Waals surface area contributed by atoms with Crippen molar-refractivity contribution in [2.45, 2.75) is 18.2 Å². The van der Waals surface area contributed by atoms with E-state index in [-0.39, 0.29) is 5.78 Å². The zero-order valence-electron chi connectivity index (χ0n) is 9.99. The monoisotopic (exact) mass is 240 g/mol. The van der Waals surface area contributed by atoms with Crippen LogP contribution in [0.4, 0.5) is 0 Å². The second-order valence-electron chi connectivity index (χ2n) is 3.40. The maximum absolute atomic E-state index is 11.2. The smallest absolute Gasteiger partial charge is 0.161 e. The molecule has 4 heteroatoms. The van der Waals surface area contributed by atoms with Crippen molar-refractivity contribution in [3.8, 4) is 11.5 Å². The minimum Gasteiger partial charge on any atom is -0.493 e. The van der Waals surface area contributed by atoms with Crippen molar-refractivity contribution in [3.63, 3.8) is 0 Å². The molecule has 0 aliphatic heterocycles. The van der Waals surface area contributed by atoms with Crippen LogP contribution in [-0.2, 0) is 11.2 Å². The van der Waals surface area contributed by atoms with Crippen LogP contribution in [0.2, 0.25) is 0 Å². The Morgan fingerprint density at radius 1 is 1.25 bits per heavy atom. The first kappa shape index (κ1) is 12.9. The highest BCUT2D eigenvalue weighted by Crippen LogP contribution is 2.34. The number of carbonyl (C=O) groups excluding carboxylic acids is 1. The molecule has 0 fully saturated rings. The Kier molecular flexibility index (Phi) is 4.68. The average molecular weight is 240 g/mol. The van der Waals surface area contributed by atoms with E-state index in [1.807, 2.05) is 18.4 Å². The zero-order chi connectivity index (χ0) is 12.1. The zero-order valence-corrected chi connectivity index (χ0v) is 10.8. The van der Waals surface area contributed by atoms with Crippen molar-refractivity contribution in [1.82, 2.24) is 0 Å². The van der Waals surface area contributed by atoms with Crippen molar-refractivity contribution in [2.75, 3.05) is 20.5 Å². The number of hydrogen-bond acceptors (Lipinski definition) is 4. The van der Waals surface area contributed by atoms with Gasteiger partial charge in [-0.05, 0) is 30.9 Å². The van der Waals surface area contributed by atoms with Gasteiger partial charge in [-0.15, -0.1) is 11.8 Å². The number of thioether (sulfide) groups is 1. The van der Waals surface area contributed by atoms with Crippen LogP contribution in [-0.4, -0.2) is 26.3 Å². The molecular formula is C12H16O3S. The topological polar surface area (TPSA) is 35.5 Å². The second-order valence-corrected chi connectivity index (χ2v) is 4.25. The molecule has 0 aliphatic rings. The number of benzene rings is 1. The van der Waals surface area contributed by atoms with Gasteiger partial charge in [-0.1, -0.05) is 0 Å². The number of methoxy groups -OCH3 is 2. The third-order valence-electron chi connectivity index (χ3n) is 2.23. The molecule has 0 saturated heterocycles. The van der Waals surface area contributed by atoms with Crippen LogP contribution >= 0.6 is 11.8 Å². The van der Waals surface area contributed by atoms with E-state index in [4.69, 9.17) is 9.47 Å². The molecular weight excluding hydrogens is 224 g/mol. The second kappa shape index (κ2) is 5.80. The first-order valence-corrected chi connectivity index (χ1v) is 6.13. The molecule has 0 saturated carbocycles. The van der Waals surface area contributed by atoms with Gasteiger partial charge in [-0.25, -0.2) is 0 Å². The van der Waals surface area contributed by atoms with Crippen LogP contribution in [0.5, 0.6) is 11.5 Å². The van der Waals surface area contributed by atoms with Gasteiger partial charge in [0.2, 0.25) is 0 Å². The third-order valence-corrected chi connectivity index (χ3v) is 3.05. The lowest BCUT2D eigenvalue weighted by molar-refractivity contribution is -0.116. The van der Waals surface area contributed by atoms with Crippen molar-refractivity contribution < 1.29 is 14.3 Å². The molecule has 0 bridgehead atoms. The van der Waals surface area contributed by atoms with Crippen molar-refractivity contribution in [2.24, 2.45) is 0 Å². The molecule has 0 heterocycles. The molecule has 0 spiro atoms. The van der Waals surface area contributed by atoms with E-state index in [0.717, 1.165) is 10.5 Å². The lowest BCUT2D eigenvalue weighted by Gasteiger charge is -2.12. The van der Waals surface area contributed by atoms with Gasteiger partial charge in [0.25, 0.3) is 0 Å². The Morgan fingerprint density at radius 2 is 1.81 bits per heavy atom. The largest absolute Gasteiger partial charge is 0.493 e. The normalized spacial score (nSPS) is 10.0. The van der Waals surface area contributed by atoms with Crippen LogP contribution in [0, 0.1) is 0 Å². The number of carbonyl (C=O) groups is 1. The number of rotatable bonds is 5. The average Bonchev–Trinajstić information content (AvgIpc) is 2.27. The summed E-state index contributed by atoms with van der Waals surface area (Å²) in [5.74, 6) is 1.50. The summed E-state index contributed by atoms with van der Waals surface area (Å²) in [6, 6.07) is 3.77. The van der Waals surface area contributed by atoms with Gasteiger partial charge in [0.1, 0.15) is 5.78 Å². The molecule has 88 valence electrons. The molecule has 0 radical (unpaired) electrons. The Hall–Kier alpha value is -1.16. The predicted molar refractivity (Wildman–Crippen MR) is 65.7 cm³/mol. The van der Waals surface area contributed by atoms with Crippen LogP contribution in [0.25, 0.3) is 0 Å². The number of ether oxygens (including phenoxy) is 2. The molecule has 0 unspecified atom stereocenters. The number of ketones is 1. The van der Waals surface area contributed by atoms with Gasteiger partial charge in [-0.2, -0.15) is 0 Å². The van der Waals surface area contributed by atoms with Crippen molar-refractivity contribution >= 4 is 17.5 Å². The SMILES string of the molecule is COc1cc(CC(C)=O)c(SC)cc1OC. The fourth-order valence-electron chi connectivity index (χ4n) is 1.50. The lowest BCUT2D eigenvalue weighted by Crippen LogP contribution is -2.00.